The normalized spacial score (nSPS) is 13.3. The minimum absolute atomic E-state index is 0.152. The second-order valence-electron chi connectivity index (χ2n) is 5.98. The number of nitrogens with one attached hydrogen (secondary N) is 1. The van der Waals surface area contributed by atoms with Gasteiger partial charge in [0.1, 0.15) is 5.75 Å². The van der Waals surface area contributed by atoms with Crippen LogP contribution in [0.5, 0.6) is 5.75 Å². The number of carbonyl (C=O) groups excluding carboxylic acids is 1. The Morgan fingerprint density at radius 3 is 2.69 bits per heavy atom. The number of halogens is 3. The molecule has 1 aliphatic heterocycles. The number of nitrogens with zero attached hydrogens (tertiary/aromatic N) is 1. The van der Waals surface area contributed by atoms with Crippen LogP contribution in [0.15, 0.2) is 30.3 Å². The van der Waals surface area contributed by atoms with Crippen LogP contribution >= 0.6 is 34.8 Å². The number of carbonyl (C=O) groups is 1. The molecule has 0 saturated heterocycles. The van der Waals surface area contributed by atoms with Crippen molar-refractivity contribution in [1.29, 1.82) is 0 Å². The first-order chi connectivity index (χ1) is 12.4. The maximum atomic E-state index is 12.3. The van der Waals surface area contributed by atoms with Crippen molar-refractivity contribution in [2.45, 2.75) is 13.2 Å². The molecule has 0 spiro atoms. The lowest BCUT2D eigenvalue weighted by atomic mass is 10.1. The summed E-state index contributed by atoms with van der Waals surface area (Å²) in [5.41, 5.74) is 2.22. The van der Waals surface area contributed by atoms with Gasteiger partial charge >= 0.3 is 0 Å². The highest BCUT2D eigenvalue weighted by Gasteiger charge is 2.18. The van der Waals surface area contributed by atoms with Crippen LogP contribution in [0.2, 0.25) is 15.1 Å². The van der Waals surface area contributed by atoms with E-state index in [2.05, 4.69) is 5.32 Å². The second kappa shape index (κ2) is 8.46. The summed E-state index contributed by atoms with van der Waals surface area (Å²) in [7, 11) is 1.83. The molecule has 0 unspecified atom stereocenters. The van der Waals surface area contributed by atoms with E-state index in [0.29, 0.717) is 33.9 Å². The zero-order valence-corrected chi connectivity index (χ0v) is 16.3. The summed E-state index contributed by atoms with van der Waals surface area (Å²) >= 11 is 18.3. The van der Waals surface area contributed by atoms with Gasteiger partial charge in [0.25, 0.3) is 0 Å². The van der Waals surface area contributed by atoms with Gasteiger partial charge in [0.15, 0.2) is 6.79 Å². The third kappa shape index (κ3) is 4.61. The van der Waals surface area contributed by atoms with E-state index < -0.39 is 0 Å². The van der Waals surface area contributed by atoms with Crippen LogP contribution in [0.4, 0.5) is 5.69 Å². The quantitative estimate of drug-likeness (QED) is 0.776. The zero-order chi connectivity index (χ0) is 18.7. The average molecular weight is 416 g/mol. The summed E-state index contributed by atoms with van der Waals surface area (Å²) in [4.78, 5) is 14.2. The maximum absolute atomic E-state index is 12.3. The van der Waals surface area contributed by atoms with Crippen molar-refractivity contribution in [3.63, 3.8) is 0 Å². The number of amides is 1. The van der Waals surface area contributed by atoms with Crippen LogP contribution in [0.25, 0.3) is 0 Å². The molecule has 2 aromatic carbocycles. The van der Waals surface area contributed by atoms with Crippen molar-refractivity contribution in [3.8, 4) is 5.75 Å². The van der Waals surface area contributed by atoms with Crippen molar-refractivity contribution >= 4 is 46.4 Å². The van der Waals surface area contributed by atoms with E-state index in [0.717, 1.165) is 16.9 Å². The molecular formula is C18H17Cl3N2O3. The molecule has 0 atom stereocenters. The Morgan fingerprint density at radius 1 is 1.23 bits per heavy atom. The van der Waals surface area contributed by atoms with Gasteiger partial charge in [-0.1, -0.05) is 40.9 Å². The third-order valence-electron chi connectivity index (χ3n) is 3.83. The lowest BCUT2D eigenvalue weighted by Gasteiger charge is -2.24. The minimum Gasteiger partial charge on any atom is -0.467 e. The van der Waals surface area contributed by atoms with Gasteiger partial charge in [0, 0.05) is 22.7 Å². The third-order valence-corrected chi connectivity index (χ3v) is 4.68. The van der Waals surface area contributed by atoms with E-state index >= 15 is 0 Å². The minimum atomic E-state index is -0.220. The van der Waals surface area contributed by atoms with Crippen molar-refractivity contribution in [3.05, 3.63) is 56.5 Å². The number of benzene rings is 2. The summed E-state index contributed by atoms with van der Waals surface area (Å²) in [6.07, 6.45) is 0. The van der Waals surface area contributed by atoms with Crippen molar-refractivity contribution in [2.24, 2.45) is 0 Å². The molecule has 8 heteroatoms. The number of likely N-dealkylation sites (N-methyl/N-ethyl adjacent to an activating group) is 1. The van der Waals surface area contributed by atoms with Gasteiger partial charge in [-0.25, -0.2) is 0 Å². The number of rotatable bonds is 5. The van der Waals surface area contributed by atoms with Crippen molar-refractivity contribution in [2.75, 3.05) is 25.7 Å². The molecule has 0 saturated carbocycles. The molecule has 0 radical (unpaired) electrons. The molecule has 1 aliphatic rings. The predicted molar refractivity (Wildman–Crippen MR) is 103 cm³/mol. The summed E-state index contributed by atoms with van der Waals surface area (Å²) < 4.78 is 10.9. The van der Waals surface area contributed by atoms with Crippen LogP contribution in [-0.4, -0.2) is 31.2 Å². The largest absolute Gasteiger partial charge is 0.467 e. The monoisotopic (exact) mass is 414 g/mol. The smallest absolute Gasteiger partial charge is 0.238 e. The Labute approximate surface area is 166 Å². The molecule has 3 rings (SSSR count). The van der Waals surface area contributed by atoms with Crippen LogP contribution in [0.1, 0.15) is 11.1 Å². The van der Waals surface area contributed by atoms with Gasteiger partial charge in [-0.15, -0.1) is 0 Å². The number of hydrogen-bond donors (Lipinski definition) is 1. The molecule has 26 heavy (non-hydrogen) atoms. The molecule has 0 bridgehead atoms. The fourth-order valence-corrected chi connectivity index (χ4v) is 3.52. The van der Waals surface area contributed by atoms with Gasteiger partial charge in [-0.05, 0) is 31.3 Å². The molecule has 1 N–H and O–H groups in total. The Bertz CT molecular complexity index is 809. The Balaban J connectivity index is 1.67. The van der Waals surface area contributed by atoms with Crippen LogP contribution in [0, 0.1) is 0 Å². The summed E-state index contributed by atoms with van der Waals surface area (Å²) in [6, 6.07) is 8.73. The average Bonchev–Trinajstić information content (AvgIpc) is 2.58. The van der Waals surface area contributed by atoms with Crippen LogP contribution < -0.4 is 10.1 Å². The number of ether oxygens (including phenoxy) is 2. The first-order valence-corrected chi connectivity index (χ1v) is 9.01. The SMILES string of the molecule is CN(CC(=O)Nc1c(Cl)cccc1Cl)Cc1cc(Cl)cc2c1OCOC2. The van der Waals surface area contributed by atoms with Gasteiger partial charge < -0.3 is 14.8 Å². The van der Waals surface area contributed by atoms with Gasteiger partial charge in [-0.2, -0.15) is 0 Å². The van der Waals surface area contributed by atoms with E-state index in [4.69, 9.17) is 44.3 Å². The van der Waals surface area contributed by atoms with E-state index in [-0.39, 0.29) is 19.2 Å². The number of para-hydroxylation sites is 1. The summed E-state index contributed by atoms with van der Waals surface area (Å²) in [5.74, 6) is 0.546. The molecule has 138 valence electrons. The zero-order valence-electron chi connectivity index (χ0n) is 14.0. The molecule has 0 aromatic heterocycles. The van der Waals surface area contributed by atoms with Crippen molar-refractivity contribution < 1.29 is 14.3 Å². The number of fused-ring (bicyclic) bond motifs is 1. The predicted octanol–water partition coefficient (Wildman–Crippen LogP) is 4.58. The van der Waals surface area contributed by atoms with E-state index in [9.17, 15) is 4.79 Å². The number of hydrogen-bond acceptors (Lipinski definition) is 4. The molecule has 0 fully saturated rings. The van der Waals surface area contributed by atoms with E-state index in [1.165, 1.54) is 0 Å². The molecule has 5 nitrogen and oxygen atoms in total. The topological polar surface area (TPSA) is 50.8 Å². The Morgan fingerprint density at radius 2 is 1.96 bits per heavy atom. The molecular weight excluding hydrogens is 399 g/mol. The molecule has 2 aromatic rings. The Hall–Kier alpha value is -1.50. The Kier molecular flexibility index (Phi) is 6.27. The van der Waals surface area contributed by atoms with Gasteiger partial charge in [0.05, 0.1) is 28.9 Å². The van der Waals surface area contributed by atoms with Crippen molar-refractivity contribution in [1.82, 2.24) is 4.90 Å². The summed E-state index contributed by atoms with van der Waals surface area (Å²) in [5, 5.41) is 4.14. The first-order valence-electron chi connectivity index (χ1n) is 7.88. The maximum Gasteiger partial charge on any atom is 0.238 e. The highest BCUT2D eigenvalue weighted by atomic mass is 35.5. The molecule has 0 aliphatic carbocycles. The first kappa shape index (κ1) is 19.3. The second-order valence-corrected chi connectivity index (χ2v) is 7.23. The van der Waals surface area contributed by atoms with Gasteiger partial charge in [0.2, 0.25) is 5.91 Å². The standard InChI is InChI=1S/C18H17Cl3N2O3/c1-23(8-16(24)22-17-14(20)3-2-4-15(17)21)7-11-5-13(19)6-12-9-25-10-26-18(11)12/h2-6H,7-10H2,1H3,(H,22,24). The fraction of sp³-hybridized carbons (Fsp3) is 0.278. The van der Waals surface area contributed by atoms with Gasteiger partial charge in [-0.3, -0.25) is 9.69 Å². The van der Waals surface area contributed by atoms with E-state index in [1.54, 1.807) is 18.2 Å². The van der Waals surface area contributed by atoms with Crippen LogP contribution in [0.3, 0.4) is 0 Å². The highest BCUT2D eigenvalue weighted by Crippen LogP contribution is 2.32. The number of anilines is 1. The highest BCUT2D eigenvalue weighted by molar-refractivity contribution is 6.39. The fourth-order valence-electron chi connectivity index (χ4n) is 2.76. The summed E-state index contributed by atoms with van der Waals surface area (Å²) in [6.45, 7) is 1.31. The lowest BCUT2D eigenvalue weighted by Crippen LogP contribution is -2.30. The van der Waals surface area contributed by atoms with E-state index in [1.807, 2.05) is 24.1 Å². The van der Waals surface area contributed by atoms with Crippen LogP contribution in [-0.2, 0) is 22.7 Å². The molecule has 1 heterocycles. The lowest BCUT2D eigenvalue weighted by molar-refractivity contribution is -0.117. The molecule has 1 amide bonds.